The molecule has 82 valence electrons. The van der Waals surface area contributed by atoms with E-state index in [-0.39, 0.29) is 18.0 Å². The van der Waals surface area contributed by atoms with Crippen LogP contribution in [-0.4, -0.2) is 39.4 Å². The summed E-state index contributed by atoms with van der Waals surface area (Å²) in [7, 11) is -0.822. The van der Waals surface area contributed by atoms with Gasteiger partial charge in [-0.3, -0.25) is 9.00 Å². The summed E-state index contributed by atoms with van der Waals surface area (Å²) in [5.74, 6) is -0.385. The van der Waals surface area contributed by atoms with Crippen molar-refractivity contribution in [3.63, 3.8) is 0 Å². The minimum Gasteiger partial charge on any atom is -0.481 e. The molecule has 0 radical (unpaired) electrons. The Labute approximate surface area is 86.5 Å². The molecule has 0 bridgehead atoms. The zero-order valence-corrected chi connectivity index (χ0v) is 9.34. The van der Waals surface area contributed by atoms with Crippen LogP contribution in [0.2, 0.25) is 0 Å². The first-order valence-electron chi connectivity index (χ1n) is 4.79. The molecular formula is C9H17NO3S. The summed E-state index contributed by atoms with van der Waals surface area (Å²) in [5.41, 5.74) is 0. The fraction of sp³-hybridized carbons (Fsp3) is 0.889. The maximum absolute atomic E-state index is 10.9. The molecule has 0 amide bonds. The minimum absolute atomic E-state index is 0.0750. The molecule has 0 aromatic rings. The van der Waals surface area contributed by atoms with Crippen LogP contribution in [0.4, 0.5) is 0 Å². The summed E-state index contributed by atoms with van der Waals surface area (Å²) in [5, 5.41) is 12.0. The largest absolute Gasteiger partial charge is 0.481 e. The smallest absolute Gasteiger partial charge is 0.308 e. The van der Waals surface area contributed by atoms with E-state index >= 15 is 0 Å². The Hall–Kier alpha value is -0.420. The van der Waals surface area contributed by atoms with Crippen molar-refractivity contribution in [2.24, 2.45) is 5.92 Å². The van der Waals surface area contributed by atoms with Gasteiger partial charge in [-0.15, -0.1) is 0 Å². The van der Waals surface area contributed by atoms with Crippen LogP contribution in [-0.2, 0) is 15.6 Å². The Bertz CT molecular complexity index is 244. The van der Waals surface area contributed by atoms with Crippen LogP contribution >= 0.6 is 0 Å². The second-order valence-electron chi connectivity index (χ2n) is 3.94. The summed E-state index contributed by atoms with van der Waals surface area (Å²) >= 11 is 0. The van der Waals surface area contributed by atoms with Gasteiger partial charge < -0.3 is 10.4 Å². The Kier molecular flexibility index (Phi) is 4.07. The molecule has 1 rings (SSSR count). The number of carboxylic acids is 1. The molecule has 4 nitrogen and oxygen atoms in total. The molecule has 4 unspecified atom stereocenters. The van der Waals surface area contributed by atoms with Crippen LogP contribution in [0.3, 0.4) is 0 Å². The third-order valence-corrected chi connectivity index (χ3v) is 3.54. The quantitative estimate of drug-likeness (QED) is 0.693. The molecule has 1 aliphatic rings. The minimum atomic E-state index is -0.822. The van der Waals surface area contributed by atoms with Gasteiger partial charge >= 0.3 is 5.97 Å². The van der Waals surface area contributed by atoms with Crippen LogP contribution in [0.5, 0.6) is 0 Å². The van der Waals surface area contributed by atoms with Crippen LogP contribution < -0.4 is 5.32 Å². The van der Waals surface area contributed by atoms with Crippen molar-refractivity contribution < 1.29 is 14.1 Å². The molecule has 2 N–H and O–H groups in total. The lowest BCUT2D eigenvalue weighted by molar-refractivity contribution is -0.146. The molecule has 0 saturated heterocycles. The maximum Gasteiger partial charge on any atom is 0.308 e. The predicted octanol–water partition coefficient (Wildman–Crippen LogP) is 0.206. The molecule has 1 aliphatic carbocycles. The number of aliphatic carboxylic acids is 1. The average molecular weight is 219 g/mol. The molecular weight excluding hydrogens is 202 g/mol. The molecule has 0 aliphatic heterocycles. The lowest BCUT2D eigenvalue weighted by atomic mass is 9.79. The average Bonchev–Trinajstić information content (AvgIpc) is 1.95. The highest BCUT2D eigenvalue weighted by Gasteiger charge is 2.36. The molecule has 0 aromatic carbocycles. The van der Waals surface area contributed by atoms with Crippen LogP contribution in [0.15, 0.2) is 0 Å². The van der Waals surface area contributed by atoms with Crippen molar-refractivity contribution in [1.29, 1.82) is 0 Å². The number of rotatable bonds is 5. The number of carbonyl (C=O) groups is 1. The van der Waals surface area contributed by atoms with Gasteiger partial charge in [-0.2, -0.15) is 0 Å². The first-order valence-corrected chi connectivity index (χ1v) is 6.52. The Morgan fingerprint density at radius 3 is 2.64 bits per heavy atom. The van der Waals surface area contributed by atoms with Crippen molar-refractivity contribution >= 4 is 16.8 Å². The van der Waals surface area contributed by atoms with Gasteiger partial charge in [0.25, 0.3) is 0 Å². The van der Waals surface area contributed by atoms with Gasteiger partial charge in [-0.05, 0) is 19.8 Å². The summed E-state index contributed by atoms with van der Waals surface area (Å²) in [6, 6.07) is 0.207. The lowest BCUT2D eigenvalue weighted by Gasteiger charge is -2.36. The fourth-order valence-electron chi connectivity index (χ4n) is 1.76. The molecule has 14 heavy (non-hydrogen) atoms. The highest BCUT2D eigenvalue weighted by molar-refractivity contribution is 7.84. The monoisotopic (exact) mass is 219 g/mol. The molecule has 0 heterocycles. The Morgan fingerprint density at radius 1 is 1.64 bits per heavy atom. The van der Waals surface area contributed by atoms with Crippen molar-refractivity contribution in [2.45, 2.75) is 31.8 Å². The zero-order valence-electron chi connectivity index (χ0n) is 8.53. The standard InChI is InChI=1S/C9H17NO3S/c1-6(5-14(2)13)10-8-4-3-7(8)9(11)12/h6-8,10H,3-5H2,1-2H3,(H,11,12). The van der Waals surface area contributed by atoms with Gasteiger partial charge in [0, 0.05) is 34.9 Å². The Balaban J connectivity index is 2.30. The molecule has 1 fully saturated rings. The van der Waals surface area contributed by atoms with E-state index in [1.165, 1.54) is 0 Å². The van der Waals surface area contributed by atoms with Crippen LogP contribution in [0.25, 0.3) is 0 Å². The summed E-state index contributed by atoms with van der Waals surface area (Å²) < 4.78 is 10.9. The summed E-state index contributed by atoms with van der Waals surface area (Å²) in [6.07, 6.45) is 3.33. The molecule has 1 saturated carbocycles. The Morgan fingerprint density at radius 2 is 2.29 bits per heavy atom. The topological polar surface area (TPSA) is 66.4 Å². The van der Waals surface area contributed by atoms with Crippen molar-refractivity contribution in [1.82, 2.24) is 5.32 Å². The van der Waals surface area contributed by atoms with Gasteiger partial charge in [0.1, 0.15) is 0 Å². The van der Waals surface area contributed by atoms with E-state index in [0.717, 1.165) is 12.8 Å². The number of hydrogen-bond donors (Lipinski definition) is 2. The maximum atomic E-state index is 10.9. The van der Waals surface area contributed by atoms with E-state index in [0.29, 0.717) is 5.75 Å². The second-order valence-corrected chi connectivity index (χ2v) is 5.42. The highest BCUT2D eigenvalue weighted by Crippen LogP contribution is 2.27. The second kappa shape index (κ2) is 4.89. The van der Waals surface area contributed by atoms with Crippen molar-refractivity contribution in [2.75, 3.05) is 12.0 Å². The third kappa shape index (κ3) is 3.06. The zero-order chi connectivity index (χ0) is 10.7. The van der Waals surface area contributed by atoms with E-state index in [2.05, 4.69) is 5.32 Å². The number of hydrogen-bond acceptors (Lipinski definition) is 3. The summed E-state index contributed by atoms with van der Waals surface area (Å²) in [6.45, 7) is 1.94. The highest BCUT2D eigenvalue weighted by atomic mass is 32.2. The predicted molar refractivity (Wildman–Crippen MR) is 55.7 cm³/mol. The van der Waals surface area contributed by atoms with Crippen LogP contribution in [0.1, 0.15) is 19.8 Å². The van der Waals surface area contributed by atoms with Gasteiger partial charge in [0.15, 0.2) is 0 Å². The third-order valence-electron chi connectivity index (χ3n) is 2.57. The molecule has 4 atom stereocenters. The van der Waals surface area contributed by atoms with Crippen molar-refractivity contribution in [3.05, 3.63) is 0 Å². The van der Waals surface area contributed by atoms with E-state index < -0.39 is 16.8 Å². The SMILES string of the molecule is CC(CS(C)=O)NC1CCC1C(=O)O. The normalized spacial score (nSPS) is 30.4. The van der Waals surface area contributed by atoms with E-state index in [1.807, 2.05) is 6.92 Å². The first-order chi connectivity index (χ1) is 6.50. The molecule has 0 aromatic heterocycles. The van der Waals surface area contributed by atoms with Gasteiger partial charge in [-0.1, -0.05) is 0 Å². The van der Waals surface area contributed by atoms with E-state index in [4.69, 9.17) is 5.11 Å². The van der Waals surface area contributed by atoms with Crippen LogP contribution in [0, 0.1) is 5.92 Å². The first kappa shape index (κ1) is 11.7. The van der Waals surface area contributed by atoms with E-state index in [1.54, 1.807) is 6.26 Å². The molecule has 5 heteroatoms. The van der Waals surface area contributed by atoms with E-state index in [9.17, 15) is 9.00 Å². The van der Waals surface area contributed by atoms with Gasteiger partial charge in [0.2, 0.25) is 0 Å². The fourth-order valence-corrected chi connectivity index (χ4v) is 2.56. The number of nitrogens with one attached hydrogen (secondary N) is 1. The number of carboxylic acid groups (broad SMARTS) is 1. The molecule has 0 spiro atoms. The van der Waals surface area contributed by atoms with Crippen molar-refractivity contribution in [3.8, 4) is 0 Å². The summed E-state index contributed by atoms with van der Waals surface area (Å²) in [4.78, 5) is 10.7. The van der Waals surface area contributed by atoms with Gasteiger partial charge in [0.05, 0.1) is 5.92 Å². The van der Waals surface area contributed by atoms with Gasteiger partial charge in [-0.25, -0.2) is 0 Å². The lowest BCUT2D eigenvalue weighted by Crippen LogP contribution is -2.51.